The zero-order chi connectivity index (χ0) is 21.5. The first-order valence-corrected chi connectivity index (χ1v) is 10.7. The van der Waals surface area contributed by atoms with E-state index in [0.29, 0.717) is 13.1 Å². The number of allylic oxidation sites excluding steroid dienone is 3. The topological polar surface area (TPSA) is 59.4 Å². The number of amidine groups is 1. The third-order valence-electron chi connectivity index (χ3n) is 5.94. The van der Waals surface area contributed by atoms with E-state index in [1.807, 2.05) is 60.6 Å². The molecule has 3 aliphatic rings. The smallest absolute Gasteiger partial charge is 0.244 e. The normalized spacial score (nSPS) is 20.9. The van der Waals surface area contributed by atoms with Gasteiger partial charge in [-0.1, -0.05) is 41.9 Å². The summed E-state index contributed by atoms with van der Waals surface area (Å²) in [5.41, 5.74) is 3.64. The van der Waals surface area contributed by atoms with E-state index in [0.717, 1.165) is 46.4 Å². The van der Waals surface area contributed by atoms with Crippen molar-refractivity contribution in [2.45, 2.75) is 19.4 Å². The van der Waals surface area contributed by atoms with Gasteiger partial charge in [0.25, 0.3) is 0 Å². The average molecular weight is 435 g/mol. The van der Waals surface area contributed by atoms with Crippen LogP contribution in [0, 0.1) is 5.92 Å². The van der Waals surface area contributed by atoms with Crippen LogP contribution < -0.4 is 4.90 Å². The fraction of sp³-hybridized carbons (Fsp3) is 0.250. The molecule has 0 aromatic heterocycles. The average Bonchev–Trinajstić information content (AvgIpc) is 3.15. The van der Waals surface area contributed by atoms with E-state index in [-0.39, 0.29) is 17.6 Å². The molecule has 1 unspecified atom stereocenters. The fourth-order valence-corrected chi connectivity index (χ4v) is 4.66. The molecular formula is C24H23ClN4O2. The predicted molar refractivity (Wildman–Crippen MR) is 121 cm³/mol. The molecule has 1 amide bonds. The van der Waals surface area contributed by atoms with Crippen molar-refractivity contribution in [1.29, 1.82) is 0 Å². The van der Waals surface area contributed by atoms with E-state index >= 15 is 0 Å². The van der Waals surface area contributed by atoms with Crippen molar-refractivity contribution in [3.63, 3.8) is 0 Å². The first-order valence-electron chi connectivity index (χ1n) is 10.3. The highest BCUT2D eigenvalue weighted by atomic mass is 35.5. The van der Waals surface area contributed by atoms with Crippen LogP contribution in [0.1, 0.15) is 18.4 Å². The molecule has 5 rings (SSSR count). The highest BCUT2D eigenvalue weighted by Gasteiger charge is 2.43. The highest BCUT2D eigenvalue weighted by Crippen LogP contribution is 2.38. The first kappa shape index (κ1) is 19.7. The maximum Gasteiger partial charge on any atom is 0.244 e. The van der Waals surface area contributed by atoms with Gasteiger partial charge >= 0.3 is 0 Å². The van der Waals surface area contributed by atoms with Crippen molar-refractivity contribution in [2.75, 3.05) is 18.5 Å². The summed E-state index contributed by atoms with van der Waals surface area (Å²) in [5.74, 6) is 0.577. The third kappa shape index (κ3) is 3.57. The maximum atomic E-state index is 13.8. The van der Waals surface area contributed by atoms with Gasteiger partial charge in [-0.3, -0.25) is 14.7 Å². The van der Waals surface area contributed by atoms with Gasteiger partial charge in [-0.05, 0) is 48.7 Å². The van der Waals surface area contributed by atoms with Crippen LogP contribution in [-0.2, 0) is 11.3 Å². The molecule has 31 heavy (non-hydrogen) atoms. The van der Waals surface area contributed by atoms with E-state index in [4.69, 9.17) is 16.7 Å². The summed E-state index contributed by atoms with van der Waals surface area (Å²) in [5, 5.41) is 17.3. The monoisotopic (exact) mass is 434 g/mol. The number of nitrogens with zero attached hydrogens (tertiary/aromatic N) is 4. The number of phenols is 1. The Hall–Kier alpha value is -3.25. The maximum absolute atomic E-state index is 13.8. The van der Waals surface area contributed by atoms with Crippen molar-refractivity contribution in [2.24, 2.45) is 11.0 Å². The Morgan fingerprint density at radius 3 is 2.71 bits per heavy atom. The zero-order valence-electron chi connectivity index (χ0n) is 17.2. The Balaban J connectivity index is 1.55. The van der Waals surface area contributed by atoms with E-state index < -0.39 is 0 Å². The number of phenolic OH excluding ortho intramolecular Hbond substituents is 1. The molecule has 0 fully saturated rings. The number of rotatable bonds is 3. The Kier molecular flexibility index (Phi) is 4.94. The van der Waals surface area contributed by atoms with E-state index in [2.05, 4.69) is 4.90 Å². The zero-order valence-corrected chi connectivity index (χ0v) is 18.0. The number of fused-ring (bicyclic) bond motifs is 1. The van der Waals surface area contributed by atoms with Gasteiger partial charge in [-0.15, -0.1) is 0 Å². The van der Waals surface area contributed by atoms with Crippen molar-refractivity contribution < 1.29 is 9.90 Å². The Labute approximate surface area is 186 Å². The van der Waals surface area contributed by atoms with Gasteiger partial charge in [0, 0.05) is 23.5 Å². The molecule has 0 spiro atoms. The quantitative estimate of drug-likeness (QED) is 0.784. The lowest BCUT2D eigenvalue weighted by Gasteiger charge is -2.29. The summed E-state index contributed by atoms with van der Waals surface area (Å²) in [6, 6.07) is 16.8. The van der Waals surface area contributed by atoms with Gasteiger partial charge in [0.1, 0.15) is 17.5 Å². The van der Waals surface area contributed by atoms with Crippen LogP contribution in [0.15, 0.2) is 82.2 Å². The summed E-state index contributed by atoms with van der Waals surface area (Å²) in [4.78, 5) is 17.7. The van der Waals surface area contributed by atoms with Gasteiger partial charge in [-0.25, -0.2) is 0 Å². The molecule has 158 valence electrons. The van der Waals surface area contributed by atoms with Crippen LogP contribution in [0.3, 0.4) is 0 Å². The number of para-hydroxylation sites is 1. The molecule has 0 saturated carbocycles. The number of hydrogen-bond acceptors (Lipinski definition) is 5. The standard InChI is InChI=1S/C24H23ClN4O2/c1-27-21-11-10-17(25)13-22(21)29(18-7-3-2-4-8-18)24(31)20-15-28(26-23(20)27)14-16-6-5-9-19(30)12-16/h2-9,12-13,20,30H,10-11,14-15H2,1H3. The third-order valence-corrected chi connectivity index (χ3v) is 6.23. The molecule has 1 aliphatic carbocycles. The van der Waals surface area contributed by atoms with Crippen LogP contribution in [0.4, 0.5) is 5.69 Å². The molecule has 7 heteroatoms. The molecule has 0 saturated heterocycles. The minimum Gasteiger partial charge on any atom is -0.508 e. The molecule has 1 atom stereocenters. The van der Waals surface area contributed by atoms with E-state index in [9.17, 15) is 9.90 Å². The molecule has 2 aliphatic heterocycles. The summed E-state index contributed by atoms with van der Waals surface area (Å²) in [6.45, 7) is 1.01. The lowest BCUT2D eigenvalue weighted by Crippen LogP contribution is -2.40. The summed E-state index contributed by atoms with van der Waals surface area (Å²) < 4.78 is 0. The van der Waals surface area contributed by atoms with Crippen molar-refractivity contribution in [3.05, 3.63) is 82.7 Å². The SMILES string of the molecule is CN1C2=NN(Cc3cccc(O)c3)CC2C(=O)N(c2ccccc2)C2=C1CCC(Cl)=C2. The number of carbonyl (C=O) groups is 1. The van der Waals surface area contributed by atoms with Gasteiger partial charge in [0.05, 0.1) is 18.8 Å². The van der Waals surface area contributed by atoms with E-state index in [1.165, 1.54) is 0 Å². The first-order chi connectivity index (χ1) is 15.0. The Morgan fingerprint density at radius 1 is 1.13 bits per heavy atom. The predicted octanol–water partition coefficient (Wildman–Crippen LogP) is 4.24. The molecule has 2 aromatic carbocycles. The van der Waals surface area contributed by atoms with Crippen molar-refractivity contribution in [3.8, 4) is 5.75 Å². The van der Waals surface area contributed by atoms with Crippen LogP contribution >= 0.6 is 11.6 Å². The molecular weight excluding hydrogens is 412 g/mol. The number of anilines is 1. The molecule has 2 heterocycles. The van der Waals surface area contributed by atoms with E-state index in [1.54, 1.807) is 17.0 Å². The molecule has 6 nitrogen and oxygen atoms in total. The lowest BCUT2D eigenvalue weighted by atomic mass is 10.1. The molecule has 0 radical (unpaired) electrons. The van der Waals surface area contributed by atoms with Crippen molar-refractivity contribution >= 4 is 29.0 Å². The van der Waals surface area contributed by atoms with Crippen LogP contribution in [0.5, 0.6) is 5.75 Å². The number of benzene rings is 2. The number of hydrazone groups is 1. The van der Waals surface area contributed by atoms with Gasteiger partial charge in [0.15, 0.2) is 0 Å². The van der Waals surface area contributed by atoms with Gasteiger partial charge in [-0.2, -0.15) is 5.10 Å². The Bertz CT molecular complexity index is 1130. The number of halogens is 1. The largest absolute Gasteiger partial charge is 0.508 e. The van der Waals surface area contributed by atoms with Crippen LogP contribution in [0.25, 0.3) is 0 Å². The minimum atomic E-state index is -0.389. The second kappa shape index (κ2) is 7.78. The summed E-state index contributed by atoms with van der Waals surface area (Å²) in [7, 11) is 1.98. The molecule has 2 aromatic rings. The summed E-state index contributed by atoms with van der Waals surface area (Å²) in [6.07, 6.45) is 3.40. The Morgan fingerprint density at radius 2 is 1.94 bits per heavy atom. The van der Waals surface area contributed by atoms with Crippen molar-refractivity contribution in [1.82, 2.24) is 9.91 Å². The summed E-state index contributed by atoms with van der Waals surface area (Å²) >= 11 is 6.40. The number of carbonyl (C=O) groups excluding carboxylic acids is 1. The number of hydrogen-bond donors (Lipinski definition) is 1. The van der Waals surface area contributed by atoms with Crippen LogP contribution in [0.2, 0.25) is 0 Å². The van der Waals surface area contributed by atoms with Gasteiger partial charge < -0.3 is 10.0 Å². The minimum absolute atomic E-state index is 0.0113. The second-order valence-electron chi connectivity index (χ2n) is 8.02. The fourth-order valence-electron chi connectivity index (χ4n) is 4.46. The molecule has 0 bridgehead atoms. The van der Waals surface area contributed by atoms with Gasteiger partial charge in [0.2, 0.25) is 5.91 Å². The highest BCUT2D eigenvalue weighted by molar-refractivity contribution is 6.30. The number of aromatic hydroxyl groups is 1. The number of amides is 1. The second-order valence-corrected chi connectivity index (χ2v) is 8.50. The lowest BCUT2D eigenvalue weighted by molar-refractivity contribution is -0.120. The molecule has 1 N–H and O–H groups in total. The van der Waals surface area contributed by atoms with Crippen LogP contribution in [-0.4, -0.2) is 40.4 Å².